The lowest BCUT2D eigenvalue weighted by atomic mass is 9.90. The van der Waals surface area contributed by atoms with Crippen LogP contribution in [0.4, 0.5) is 0 Å². The van der Waals surface area contributed by atoms with E-state index in [1.807, 2.05) is 0 Å². The van der Waals surface area contributed by atoms with Crippen LogP contribution in [0.3, 0.4) is 0 Å². The molecule has 0 spiro atoms. The van der Waals surface area contributed by atoms with Gasteiger partial charge in [0.15, 0.2) is 0 Å². The molecule has 0 unspecified atom stereocenters. The van der Waals surface area contributed by atoms with Crippen LogP contribution in [0.2, 0.25) is 19.6 Å². The van der Waals surface area contributed by atoms with Gasteiger partial charge in [-0.25, -0.2) is 0 Å². The summed E-state index contributed by atoms with van der Waals surface area (Å²) in [5, 5.41) is 0. The largest absolute Gasteiger partial charge is 0.486 e. The van der Waals surface area contributed by atoms with Crippen LogP contribution in [0.15, 0.2) is 11.7 Å². The highest BCUT2D eigenvalue weighted by Crippen LogP contribution is 2.36. The van der Waals surface area contributed by atoms with Crippen molar-refractivity contribution in [1.29, 1.82) is 0 Å². The summed E-state index contributed by atoms with van der Waals surface area (Å²) in [5.74, 6) is 2.07. The molecule has 0 aromatic rings. The van der Waals surface area contributed by atoms with Gasteiger partial charge in [0, 0.05) is 0 Å². The molecule has 1 aliphatic heterocycles. The molecular formula is C11H23BO2Si. The monoisotopic (exact) mass is 226 g/mol. The first-order chi connectivity index (χ1) is 6.54. The Balaban J connectivity index is 2.68. The quantitative estimate of drug-likeness (QED) is 0.674. The molecular weight excluding hydrogens is 203 g/mol. The third-order valence-electron chi connectivity index (χ3n) is 3.02. The predicted octanol–water partition coefficient (Wildman–Crippen LogP) is 3.05. The van der Waals surface area contributed by atoms with Gasteiger partial charge in [-0.05, 0) is 27.7 Å². The molecule has 0 N–H and O–H groups in total. The van der Waals surface area contributed by atoms with Gasteiger partial charge in [0.2, 0.25) is 0 Å². The van der Waals surface area contributed by atoms with Crippen molar-refractivity contribution in [1.82, 2.24) is 0 Å². The van der Waals surface area contributed by atoms with Gasteiger partial charge in [0.25, 0.3) is 0 Å². The van der Waals surface area contributed by atoms with Crippen LogP contribution < -0.4 is 0 Å². The molecule has 0 amide bonds. The van der Waals surface area contributed by atoms with Crippen molar-refractivity contribution in [3.05, 3.63) is 11.7 Å². The number of hydrogen-bond acceptors (Lipinski definition) is 2. The maximum atomic E-state index is 5.87. The van der Waals surface area contributed by atoms with Gasteiger partial charge in [-0.15, -0.1) is 5.70 Å². The van der Waals surface area contributed by atoms with Gasteiger partial charge in [-0.3, -0.25) is 0 Å². The molecule has 1 heterocycles. The van der Waals surface area contributed by atoms with E-state index in [1.54, 1.807) is 0 Å². The van der Waals surface area contributed by atoms with Crippen molar-refractivity contribution in [2.75, 3.05) is 0 Å². The zero-order valence-electron chi connectivity index (χ0n) is 11.0. The van der Waals surface area contributed by atoms with Crippen LogP contribution in [0, 0.1) is 0 Å². The van der Waals surface area contributed by atoms with E-state index in [0.29, 0.717) is 0 Å². The molecule has 0 aliphatic carbocycles. The smallest absolute Gasteiger partial charge is 0.400 e. The molecule has 1 aliphatic rings. The fourth-order valence-corrected chi connectivity index (χ4v) is 2.07. The number of hydrogen-bond donors (Lipinski definition) is 0. The van der Waals surface area contributed by atoms with Gasteiger partial charge in [-0.2, -0.15) is 0 Å². The minimum atomic E-state index is -1.16. The third-order valence-corrected chi connectivity index (χ3v) is 4.22. The minimum Gasteiger partial charge on any atom is -0.400 e. The Morgan fingerprint density at radius 3 is 1.67 bits per heavy atom. The van der Waals surface area contributed by atoms with Crippen molar-refractivity contribution < 1.29 is 9.31 Å². The molecule has 1 fully saturated rings. The first-order valence-electron chi connectivity index (χ1n) is 5.58. The van der Waals surface area contributed by atoms with E-state index in [0.717, 1.165) is 0 Å². The summed E-state index contributed by atoms with van der Waals surface area (Å²) in [6.07, 6.45) is 0. The molecule has 0 saturated carbocycles. The lowest BCUT2D eigenvalue weighted by Gasteiger charge is -2.32. The summed E-state index contributed by atoms with van der Waals surface area (Å²) in [5.41, 5.74) is 1.83. The van der Waals surface area contributed by atoms with E-state index in [2.05, 4.69) is 59.0 Å². The molecule has 15 heavy (non-hydrogen) atoms. The summed E-state index contributed by atoms with van der Waals surface area (Å²) in [6, 6.07) is 0. The normalized spacial score (nSPS) is 25.1. The van der Waals surface area contributed by atoms with E-state index < -0.39 is 8.07 Å². The molecule has 0 aromatic carbocycles. The summed E-state index contributed by atoms with van der Waals surface area (Å²) in [7, 11) is -1.34. The molecule has 0 radical (unpaired) electrons. The van der Waals surface area contributed by atoms with E-state index in [9.17, 15) is 0 Å². The van der Waals surface area contributed by atoms with E-state index in [-0.39, 0.29) is 18.3 Å². The second-order valence-corrected chi connectivity index (χ2v) is 11.4. The minimum absolute atomic E-state index is 0.179. The zero-order chi connectivity index (χ0) is 11.9. The average Bonchev–Trinajstić information content (AvgIpc) is 2.16. The topological polar surface area (TPSA) is 18.5 Å². The van der Waals surface area contributed by atoms with Gasteiger partial charge < -0.3 is 9.31 Å². The molecule has 0 bridgehead atoms. The van der Waals surface area contributed by atoms with Gasteiger partial charge >= 0.3 is 7.12 Å². The molecule has 0 aromatic heterocycles. The fraction of sp³-hybridized carbons (Fsp3) is 0.818. The summed E-state index contributed by atoms with van der Waals surface area (Å²) in [6.45, 7) is 15.2. The van der Waals surface area contributed by atoms with Crippen molar-refractivity contribution in [3.63, 3.8) is 0 Å². The fourth-order valence-electron chi connectivity index (χ4n) is 1.33. The summed E-state index contributed by atoms with van der Waals surface area (Å²) < 4.78 is 11.7. The van der Waals surface area contributed by atoms with Gasteiger partial charge in [0.05, 0.1) is 19.3 Å². The standard InChI is InChI=1S/C11H23BO2Si/c1-10(2)11(3,4)14-12(13-10)8-9-15(5,6)7/h8-9H,1-7H3. The zero-order valence-corrected chi connectivity index (χ0v) is 12.0. The molecule has 4 heteroatoms. The first kappa shape index (κ1) is 13.0. The van der Waals surface area contributed by atoms with E-state index in [4.69, 9.17) is 9.31 Å². The highest BCUT2D eigenvalue weighted by molar-refractivity contribution is 6.81. The molecule has 1 saturated heterocycles. The maximum absolute atomic E-state index is 5.87. The maximum Gasteiger partial charge on any atom is 0.486 e. The van der Waals surface area contributed by atoms with Crippen LogP contribution in [0.1, 0.15) is 27.7 Å². The Kier molecular flexibility index (Phi) is 3.26. The molecule has 0 atom stereocenters. The van der Waals surface area contributed by atoms with Crippen LogP contribution in [-0.4, -0.2) is 26.4 Å². The van der Waals surface area contributed by atoms with Gasteiger partial charge in [-0.1, -0.05) is 25.6 Å². The Morgan fingerprint density at radius 2 is 1.33 bits per heavy atom. The van der Waals surface area contributed by atoms with Gasteiger partial charge in [0.1, 0.15) is 0 Å². The van der Waals surface area contributed by atoms with Crippen molar-refractivity contribution in [3.8, 4) is 0 Å². The third kappa shape index (κ3) is 3.20. The van der Waals surface area contributed by atoms with E-state index >= 15 is 0 Å². The number of rotatable bonds is 2. The molecule has 86 valence electrons. The summed E-state index contributed by atoms with van der Waals surface area (Å²) in [4.78, 5) is 0. The average molecular weight is 226 g/mol. The predicted molar refractivity (Wildman–Crippen MR) is 68.6 cm³/mol. The Morgan fingerprint density at radius 1 is 0.933 bits per heavy atom. The van der Waals surface area contributed by atoms with Crippen LogP contribution in [0.5, 0.6) is 0 Å². The van der Waals surface area contributed by atoms with Crippen LogP contribution in [-0.2, 0) is 9.31 Å². The lowest BCUT2D eigenvalue weighted by Crippen LogP contribution is -2.41. The van der Waals surface area contributed by atoms with Crippen LogP contribution >= 0.6 is 0 Å². The highest BCUT2D eigenvalue weighted by atomic mass is 28.3. The summed E-state index contributed by atoms with van der Waals surface area (Å²) >= 11 is 0. The first-order valence-corrected chi connectivity index (χ1v) is 9.16. The molecule has 1 rings (SSSR count). The SMILES string of the molecule is CC1(C)OB(C=C[Si](C)(C)C)OC1(C)C. The Hall–Kier alpha value is -0.0582. The Labute approximate surface area is 95.2 Å². The highest BCUT2D eigenvalue weighted by Gasteiger charge is 2.50. The van der Waals surface area contributed by atoms with Crippen molar-refractivity contribution in [2.45, 2.75) is 58.5 Å². The lowest BCUT2D eigenvalue weighted by molar-refractivity contribution is 0.00578. The Bertz CT molecular complexity index is 250. The van der Waals surface area contributed by atoms with E-state index in [1.165, 1.54) is 0 Å². The van der Waals surface area contributed by atoms with Crippen molar-refractivity contribution in [2.24, 2.45) is 0 Å². The second kappa shape index (κ2) is 3.75. The second-order valence-electron chi connectivity index (χ2n) is 6.35. The van der Waals surface area contributed by atoms with Crippen LogP contribution in [0.25, 0.3) is 0 Å². The molecule has 2 nitrogen and oxygen atoms in total. The van der Waals surface area contributed by atoms with Crippen molar-refractivity contribution >= 4 is 15.2 Å².